The molecule has 0 aliphatic heterocycles. The summed E-state index contributed by atoms with van der Waals surface area (Å²) in [5, 5.41) is 9.19. The van der Waals surface area contributed by atoms with Crippen molar-refractivity contribution in [3.8, 4) is 0 Å². The molecule has 0 aliphatic carbocycles. The number of carbonyl (C=O) groups excluding carboxylic acids is 1. The van der Waals surface area contributed by atoms with Gasteiger partial charge in [-0.2, -0.15) is 5.10 Å². The third-order valence-electron chi connectivity index (χ3n) is 2.56. The molecule has 0 saturated heterocycles. The van der Waals surface area contributed by atoms with Gasteiger partial charge in [0.1, 0.15) is 5.69 Å². The molecule has 2 rings (SSSR count). The number of nitrogens with one attached hydrogen (secondary N) is 2. The maximum Gasteiger partial charge on any atom is 0.269 e. The number of aromatic amines is 1. The molecule has 0 fully saturated rings. The second-order valence-electron chi connectivity index (χ2n) is 3.79. The first-order valence-corrected chi connectivity index (χ1v) is 5.33. The average molecular weight is 230 g/mol. The Labute approximate surface area is 99.0 Å². The molecule has 5 nitrogen and oxygen atoms in total. The molecular formula is C12H14N4O. The SMILES string of the molecule is CC(NC(=O)c1ccn[nH]1)c1ccccc1N. The number of nitrogen functional groups attached to an aromatic ring is 1. The minimum Gasteiger partial charge on any atom is -0.398 e. The fraction of sp³-hybridized carbons (Fsp3) is 0.167. The van der Waals surface area contributed by atoms with Crippen LogP contribution in [-0.2, 0) is 0 Å². The van der Waals surface area contributed by atoms with Gasteiger partial charge < -0.3 is 11.1 Å². The van der Waals surface area contributed by atoms with E-state index in [1.807, 2.05) is 31.2 Å². The van der Waals surface area contributed by atoms with Crippen LogP contribution in [-0.4, -0.2) is 16.1 Å². The van der Waals surface area contributed by atoms with Crippen molar-refractivity contribution in [2.24, 2.45) is 0 Å². The first-order valence-electron chi connectivity index (χ1n) is 5.33. The summed E-state index contributed by atoms with van der Waals surface area (Å²) < 4.78 is 0. The molecule has 2 aromatic rings. The summed E-state index contributed by atoms with van der Waals surface area (Å²) in [6, 6.07) is 8.94. The van der Waals surface area contributed by atoms with Crippen LogP contribution in [0.3, 0.4) is 0 Å². The number of hydrogen-bond donors (Lipinski definition) is 3. The quantitative estimate of drug-likeness (QED) is 0.698. The zero-order chi connectivity index (χ0) is 12.3. The standard InChI is InChI=1S/C12H14N4O/c1-8(9-4-2-3-5-10(9)13)15-12(17)11-6-7-14-16-11/h2-8H,13H2,1H3,(H,14,16)(H,15,17). The van der Waals surface area contributed by atoms with Crippen molar-refractivity contribution < 1.29 is 4.79 Å². The molecule has 1 heterocycles. The van der Waals surface area contributed by atoms with Crippen molar-refractivity contribution in [2.45, 2.75) is 13.0 Å². The van der Waals surface area contributed by atoms with E-state index < -0.39 is 0 Å². The number of carbonyl (C=O) groups is 1. The second-order valence-corrected chi connectivity index (χ2v) is 3.79. The summed E-state index contributed by atoms with van der Waals surface area (Å²) in [7, 11) is 0. The van der Waals surface area contributed by atoms with Gasteiger partial charge in [-0.1, -0.05) is 18.2 Å². The van der Waals surface area contributed by atoms with E-state index in [1.165, 1.54) is 6.20 Å². The van der Waals surface area contributed by atoms with Gasteiger partial charge in [0, 0.05) is 11.9 Å². The Bertz CT molecular complexity index is 507. The van der Waals surface area contributed by atoms with Crippen LogP contribution in [0, 0.1) is 0 Å². The molecule has 17 heavy (non-hydrogen) atoms. The summed E-state index contributed by atoms with van der Waals surface area (Å²) in [5.41, 5.74) is 7.86. The third-order valence-corrected chi connectivity index (χ3v) is 2.56. The highest BCUT2D eigenvalue weighted by Gasteiger charge is 2.13. The van der Waals surface area contributed by atoms with Gasteiger partial charge in [0.05, 0.1) is 6.04 Å². The number of nitrogens with two attached hydrogens (primary N) is 1. The Morgan fingerprint density at radius 2 is 2.18 bits per heavy atom. The lowest BCUT2D eigenvalue weighted by atomic mass is 10.1. The molecule has 1 aromatic heterocycles. The van der Waals surface area contributed by atoms with E-state index >= 15 is 0 Å². The molecular weight excluding hydrogens is 216 g/mol. The Morgan fingerprint density at radius 1 is 1.41 bits per heavy atom. The molecule has 0 spiro atoms. The van der Waals surface area contributed by atoms with Gasteiger partial charge in [0.15, 0.2) is 0 Å². The van der Waals surface area contributed by atoms with Crippen molar-refractivity contribution in [1.82, 2.24) is 15.5 Å². The van der Waals surface area contributed by atoms with Gasteiger partial charge in [-0.05, 0) is 24.6 Å². The van der Waals surface area contributed by atoms with Gasteiger partial charge in [-0.15, -0.1) is 0 Å². The Hall–Kier alpha value is -2.30. The molecule has 0 radical (unpaired) electrons. The van der Waals surface area contributed by atoms with Gasteiger partial charge in [0.25, 0.3) is 5.91 Å². The molecule has 88 valence electrons. The number of amides is 1. The van der Waals surface area contributed by atoms with Crippen molar-refractivity contribution in [3.63, 3.8) is 0 Å². The van der Waals surface area contributed by atoms with Crippen LogP contribution < -0.4 is 11.1 Å². The smallest absolute Gasteiger partial charge is 0.269 e. The lowest BCUT2D eigenvalue weighted by Gasteiger charge is -2.15. The van der Waals surface area contributed by atoms with Crippen LogP contribution in [0.5, 0.6) is 0 Å². The minimum absolute atomic E-state index is 0.146. The Kier molecular flexibility index (Phi) is 3.09. The average Bonchev–Trinajstić information content (AvgIpc) is 2.82. The van der Waals surface area contributed by atoms with E-state index in [4.69, 9.17) is 5.73 Å². The van der Waals surface area contributed by atoms with Crippen LogP contribution in [0.4, 0.5) is 5.69 Å². The zero-order valence-corrected chi connectivity index (χ0v) is 9.47. The highest BCUT2D eigenvalue weighted by Crippen LogP contribution is 2.19. The molecule has 1 unspecified atom stereocenters. The number of aromatic nitrogens is 2. The number of rotatable bonds is 3. The molecule has 0 aliphatic rings. The summed E-state index contributed by atoms with van der Waals surface area (Å²) >= 11 is 0. The summed E-state index contributed by atoms with van der Waals surface area (Å²) in [5.74, 6) is -0.196. The molecule has 0 saturated carbocycles. The van der Waals surface area contributed by atoms with E-state index in [0.717, 1.165) is 5.56 Å². The number of H-pyrrole nitrogens is 1. The number of benzene rings is 1. The van der Waals surface area contributed by atoms with Crippen molar-refractivity contribution in [3.05, 3.63) is 47.8 Å². The van der Waals surface area contributed by atoms with Crippen LogP contribution in [0.15, 0.2) is 36.5 Å². The number of nitrogens with zero attached hydrogens (tertiary/aromatic N) is 1. The molecule has 4 N–H and O–H groups in total. The maximum atomic E-state index is 11.8. The van der Waals surface area contributed by atoms with Crippen LogP contribution in [0.2, 0.25) is 0 Å². The largest absolute Gasteiger partial charge is 0.398 e. The Morgan fingerprint density at radius 3 is 2.82 bits per heavy atom. The van der Waals surface area contributed by atoms with E-state index in [-0.39, 0.29) is 11.9 Å². The first-order chi connectivity index (χ1) is 8.18. The molecule has 0 bridgehead atoms. The van der Waals surface area contributed by atoms with E-state index in [9.17, 15) is 4.79 Å². The number of anilines is 1. The number of para-hydroxylation sites is 1. The second kappa shape index (κ2) is 4.69. The highest BCUT2D eigenvalue weighted by molar-refractivity contribution is 5.92. The fourth-order valence-corrected chi connectivity index (χ4v) is 1.64. The minimum atomic E-state index is -0.196. The fourth-order valence-electron chi connectivity index (χ4n) is 1.64. The van der Waals surface area contributed by atoms with Gasteiger partial charge in [-0.25, -0.2) is 0 Å². The first kappa shape index (κ1) is 11.2. The van der Waals surface area contributed by atoms with E-state index in [0.29, 0.717) is 11.4 Å². The predicted molar refractivity (Wildman–Crippen MR) is 65.3 cm³/mol. The van der Waals surface area contributed by atoms with Crippen molar-refractivity contribution >= 4 is 11.6 Å². The molecule has 1 atom stereocenters. The Balaban J connectivity index is 2.10. The molecule has 1 aromatic carbocycles. The third kappa shape index (κ3) is 2.44. The zero-order valence-electron chi connectivity index (χ0n) is 9.47. The van der Waals surface area contributed by atoms with E-state index in [2.05, 4.69) is 15.5 Å². The lowest BCUT2D eigenvalue weighted by Crippen LogP contribution is -2.27. The van der Waals surface area contributed by atoms with Crippen LogP contribution in [0.1, 0.15) is 29.0 Å². The lowest BCUT2D eigenvalue weighted by molar-refractivity contribution is 0.0935. The van der Waals surface area contributed by atoms with Crippen LogP contribution in [0.25, 0.3) is 0 Å². The topological polar surface area (TPSA) is 83.8 Å². The normalized spacial score (nSPS) is 12.1. The van der Waals surface area contributed by atoms with Gasteiger partial charge in [0.2, 0.25) is 0 Å². The van der Waals surface area contributed by atoms with Crippen molar-refractivity contribution in [2.75, 3.05) is 5.73 Å². The summed E-state index contributed by atoms with van der Waals surface area (Å²) in [6.07, 6.45) is 1.54. The maximum absolute atomic E-state index is 11.8. The van der Waals surface area contributed by atoms with Gasteiger partial charge >= 0.3 is 0 Å². The van der Waals surface area contributed by atoms with Crippen LogP contribution >= 0.6 is 0 Å². The van der Waals surface area contributed by atoms with E-state index in [1.54, 1.807) is 6.07 Å². The summed E-state index contributed by atoms with van der Waals surface area (Å²) in [4.78, 5) is 11.8. The molecule has 1 amide bonds. The van der Waals surface area contributed by atoms with Crippen molar-refractivity contribution in [1.29, 1.82) is 0 Å². The highest BCUT2D eigenvalue weighted by atomic mass is 16.2. The predicted octanol–water partition coefficient (Wildman–Crippen LogP) is 1.48. The molecule has 5 heteroatoms. The number of hydrogen-bond acceptors (Lipinski definition) is 3. The monoisotopic (exact) mass is 230 g/mol. The van der Waals surface area contributed by atoms with Gasteiger partial charge in [-0.3, -0.25) is 9.89 Å². The summed E-state index contributed by atoms with van der Waals surface area (Å²) in [6.45, 7) is 1.89.